The first-order valence-corrected chi connectivity index (χ1v) is 7.23. The van der Waals surface area contributed by atoms with Gasteiger partial charge in [-0.25, -0.2) is 4.39 Å². The molecule has 4 heteroatoms. The van der Waals surface area contributed by atoms with Crippen molar-refractivity contribution >= 4 is 15.9 Å². The summed E-state index contributed by atoms with van der Waals surface area (Å²) in [6, 6.07) is 4.78. The Kier molecular flexibility index (Phi) is 4.41. The molecule has 0 aliphatic carbocycles. The molecule has 1 aliphatic heterocycles. The first kappa shape index (κ1) is 14.0. The number of rotatable bonds is 3. The third-order valence-electron chi connectivity index (χ3n) is 3.77. The highest BCUT2D eigenvalue weighted by Crippen LogP contribution is 2.34. The van der Waals surface area contributed by atoms with Gasteiger partial charge in [0.15, 0.2) is 0 Å². The topological polar surface area (TPSA) is 21.3 Å². The van der Waals surface area contributed by atoms with E-state index in [1.54, 1.807) is 6.07 Å². The van der Waals surface area contributed by atoms with Crippen LogP contribution in [0.2, 0.25) is 0 Å². The lowest BCUT2D eigenvalue weighted by Gasteiger charge is -2.41. The third-order valence-corrected chi connectivity index (χ3v) is 4.45. The smallest absolute Gasteiger partial charge is 0.124 e. The second kappa shape index (κ2) is 5.68. The average molecular weight is 316 g/mol. The maximum absolute atomic E-state index is 13.1. The van der Waals surface area contributed by atoms with Gasteiger partial charge in [0.25, 0.3) is 0 Å². The van der Waals surface area contributed by atoms with Crippen molar-refractivity contribution in [3.05, 3.63) is 34.1 Å². The molecule has 1 heterocycles. The maximum Gasteiger partial charge on any atom is 0.124 e. The van der Waals surface area contributed by atoms with Crippen LogP contribution >= 0.6 is 15.9 Å². The zero-order valence-corrected chi connectivity index (χ0v) is 12.4. The van der Waals surface area contributed by atoms with E-state index in [1.165, 1.54) is 12.1 Å². The third kappa shape index (κ3) is 2.76. The van der Waals surface area contributed by atoms with Crippen molar-refractivity contribution in [3.63, 3.8) is 0 Å². The van der Waals surface area contributed by atoms with Gasteiger partial charge < -0.3 is 10.1 Å². The van der Waals surface area contributed by atoms with Crippen LogP contribution in [0, 0.1) is 5.82 Å². The number of benzene rings is 1. The molecule has 1 aromatic rings. The summed E-state index contributed by atoms with van der Waals surface area (Å²) in [5, 5.41) is 3.43. The molecule has 1 aromatic carbocycles. The Balaban J connectivity index is 2.23. The summed E-state index contributed by atoms with van der Waals surface area (Å²) < 4.78 is 20.2. The second-order valence-electron chi connectivity index (χ2n) is 4.79. The highest BCUT2D eigenvalue weighted by atomic mass is 79.9. The molecule has 0 saturated carbocycles. The zero-order chi connectivity index (χ0) is 13.2. The summed E-state index contributed by atoms with van der Waals surface area (Å²) in [6.45, 7) is 5.95. The van der Waals surface area contributed by atoms with Gasteiger partial charge in [0, 0.05) is 17.6 Å². The first-order chi connectivity index (χ1) is 8.60. The lowest BCUT2D eigenvalue weighted by Crippen LogP contribution is -2.50. The van der Waals surface area contributed by atoms with Gasteiger partial charge in [0.05, 0.1) is 11.7 Å². The summed E-state index contributed by atoms with van der Waals surface area (Å²) in [4.78, 5) is 0. The standard InChI is InChI=1S/C14H19BrFNO/c1-3-14(4-2)9-17-8-13(18-14)11-6-5-10(16)7-12(11)15/h5-7,13,17H,3-4,8-9H2,1-2H3. The molecule has 0 radical (unpaired) electrons. The van der Waals surface area contributed by atoms with Crippen LogP contribution in [0.4, 0.5) is 4.39 Å². The molecule has 1 atom stereocenters. The van der Waals surface area contributed by atoms with Crippen molar-refractivity contribution in [3.8, 4) is 0 Å². The van der Waals surface area contributed by atoms with E-state index in [0.29, 0.717) is 0 Å². The minimum absolute atomic E-state index is 0.0198. The fourth-order valence-corrected chi connectivity index (χ4v) is 3.03. The maximum atomic E-state index is 13.1. The minimum atomic E-state index is -0.230. The van der Waals surface area contributed by atoms with E-state index < -0.39 is 0 Å². The molecule has 0 bridgehead atoms. The number of ether oxygens (including phenoxy) is 1. The molecule has 0 spiro atoms. The van der Waals surface area contributed by atoms with Crippen LogP contribution in [-0.4, -0.2) is 18.7 Å². The Morgan fingerprint density at radius 1 is 1.44 bits per heavy atom. The number of hydrogen-bond acceptors (Lipinski definition) is 2. The van der Waals surface area contributed by atoms with Crippen molar-refractivity contribution in [1.29, 1.82) is 0 Å². The van der Waals surface area contributed by atoms with Crippen LogP contribution in [0.1, 0.15) is 38.4 Å². The average Bonchev–Trinajstić information content (AvgIpc) is 2.38. The van der Waals surface area contributed by atoms with Gasteiger partial charge in [-0.05, 0) is 30.5 Å². The van der Waals surface area contributed by atoms with E-state index >= 15 is 0 Å². The van der Waals surface area contributed by atoms with Crippen LogP contribution < -0.4 is 5.32 Å². The molecule has 2 rings (SSSR count). The molecule has 1 N–H and O–H groups in total. The Hall–Kier alpha value is -0.450. The number of halogens is 2. The van der Waals surface area contributed by atoms with Crippen molar-refractivity contribution < 1.29 is 9.13 Å². The van der Waals surface area contributed by atoms with Crippen molar-refractivity contribution in [2.75, 3.05) is 13.1 Å². The normalized spacial score (nSPS) is 23.0. The van der Waals surface area contributed by atoms with Gasteiger partial charge in [0.2, 0.25) is 0 Å². The van der Waals surface area contributed by atoms with Crippen LogP contribution in [0.15, 0.2) is 22.7 Å². The second-order valence-corrected chi connectivity index (χ2v) is 5.65. The van der Waals surface area contributed by atoms with Crippen LogP contribution in [0.3, 0.4) is 0 Å². The summed E-state index contributed by atoms with van der Waals surface area (Å²) in [7, 11) is 0. The van der Waals surface area contributed by atoms with Gasteiger partial charge >= 0.3 is 0 Å². The van der Waals surface area contributed by atoms with Crippen molar-refractivity contribution in [1.82, 2.24) is 5.32 Å². The predicted octanol–water partition coefficient (Wildman–Crippen LogP) is 3.81. The number of hydrogen-bond donors (Lipinski definition) is 1. The zero-order valence-electron chi connectivity index (χ0n) is 10.8. The molecule has 0 aromatic heterocycles. The molecule has 1 fully saturated rings. The molecule has 1 saturated heterocycles. The molecule has 2 nitrogen and oxygen atoms in total. The van der Waals surface area contributed by atoms with Crippen molar-refractivity contribution in [2.45, 2.75) is 38.4 Å². The van der Waals surface area contributed by atoms with E-state index in [1.807, 2.05) is 0 Å². The van der Waals surface area contributed by atoms with E-state index in [4.69, 9.17) is 4.74 Å². The molecule has 18 heavy (non-hydrogen) atoms. The lowest BCUT2D eigenvalue weighted by atomic mass is 9.93. The summed E-state index contributed by atoms with van der Waals surface area (Å²) in [5.41, 5.74) is 0.909. The van der Waals surface area contributed by atoms with Gasteiger partial charge in [-0.2, -0.15) is 0 Å². The van der Waals surface area contributed by atoms with Crippen molar-refractivity contribution in [2.24, 2.45) is 0 Å². The van der Waals surface area contributed by atoms with Crippen LogP contribution in [0.5, 0.6) is 0 Å². The molecule has 100 valence electrons. The first-order valence-electron chi connectivity index (χ1n) is 6.43. The van der Waals surface area contributed by atoms with E-state index in [-0.39, 0.29) is 17.5 Å². The summed E-state index contributed by atoms with van der Waals surface area (Å²) in [5.74, 6) is -0.230. The van der Waals surface area contributed by atoms with Gasteiger partial charge in [-0.3, -0.25) is 0 Å². The summed E-state index contributed by atoms with van der Waals surface area (Å²) >= 11 is 3.42. The van der Waals surface area contributed by atoms with Gasteiger partial charge in [0.1, 0.15) is 5.82 Å². The number of morpholine rings is 1. The van der Waals surface area contributed by atoms with E-state index in [2.05, 4.69) is 35.1 Å². The SMILES string of the molecule is CCC1(CC)CNCC(c2ccc(F)cc2Br)O1. The van der Waals surface area contributed by atoms with Gasteiger partial charge in [-0.1, -0.05) is 35.8 Å². The molecule has 1 aliphatic rings. The molecule has 0 amide bonds. The number of nitrogens with one attached hydrogen (secondary N) is 1. The summed E-state index contributed by atoms with van der Waals surface area (Å²) in [6.07, 6.45) is 1.94. The van der Waals surface area contributed by atoms with Crippen LogP contribution in [0.25, 0.3) is 0 Å². The fourth-order valence-electron chi connectivity index (χ4n) is 2.42. The largest absolute Gasteiger partial charge is 0.364 e. The quantitative estimate of drug-likeness (QED) is 0.916. The molecule has 1 unspecified atom stereocenters. The Morgan fingerprint density at radius 2 is 2.17 bits per heavy atom. The highest BCUT2D eigenvalue weighted by Gasteiger charge is 2.35. The Labute approximate surface area is 116 Å². The highest BCUT2D eigenvalue weighted by molar-refractivity contribution is 9.10. The van der Waals surface area contributed by atoms with Gasteiger partial charge in [-0.15, -0.1) is 0 Å². The Morgan fingerprint density at radius 3 is 2.78 bits per heavy atom. The van der Waals surface area contributed by atoms with Crippen LogP contribution in [-0.2, 0) is 4.74 Å². The molecular weight excluding hydrogens is 297 g/mol. The minimum Gasteiger partial charge on any atom is -0.364 e. The predicted molar refractivity (Wildman–Crippen MR) is 74.1 cm³/mol. The van der Waals surface area contributed by atoms with E-state index in [9.17, 15) is 4.39 Å². The Bertz CT molecular complexity index is 420. The monoisotopic (exact) mass is 315 g/mol. The molecular formula is C14H19BrFNO. The fraction of sp³-hybridized carbons (Fsp3) is 0.571. The lowest BCUT2D eigenvalue weighted by molar-refractivity contribution is -0.122. The van der Waals surface area contributed by atoms with E-state index in [0.717, 1.165) is 36.0 Å².